The molecule has 16 heavy (non-hydrogen) atoms. The molecule has 0 aromatic carbocycles. The number of nitrogens with zero attached hydrogens (tertiary/aromatic N) is 2. The van der Waals surface area contributed by atoms with Gasteiger partial charge in [-0.05, 0) is 19.8 Å². The Morgan fingerprint density at radius 1 is 1.69 bits per heavy atom. The molecule has 1 heterocycles. The van der Waals surface area contributed by atoms with Gasteiger partial charge in [0.25, 0.3) is 0 Å². The van der Waals surface area contributed by atoms with Crippen molar-refractivity contribution in [1.82, 2.24) is 9.72 Å². The molecule has 0 bridgehead atoms. The van der Waals surface area contributed by atoms with Crippen LogP contribution < -0.4 is 11.5 Å². The summed E-state index contributed by atoms with van der Waals surface area (Å²) in [5, 5.41) is 12.0. The minimum Gasteiger partial charge on any atom is -0.477 e. The van der Waals surface area contributed by atoms with Gasteiger partial charge >= 0.3 is 11.7 Å². The molecule has 0 unspecified atom stereocenters. The smallest absolute Gasteiger partial charge is 0.441 e. The quantitative estimate of drug-likeness (QED) is 0.534. The van der Waals surface area contributed by atoms with Crippen LogP contribution in [0.15, 0.2) is 21.1 Å². The van der Waals surface area contributed by atoms with Crippen LogP contribution in [0, 0.1) is 6.92 Å². The Hall–Kier alpha value is -2.05. The van der Waals surface area contributed by atoms with Crippen LogP contribution in [-0.2, 0) is 11.3 Å². The molecule has 0 amide bonds. The van der Waals surface area contributed by atoms with E-state index in [0.29, 0.717) is 25.2 Å². The summed E-state index contributed by atoms with van der Waals surface area (Å²) in [6.07, 6.45) is 2.49. The fourth-order valence-corrected chi connectivity index (χ4v) is 1.18. The molecule has 0 saturated carbocycles. The SMILES string of the molecule is Cc1noc(=O)n1CCCC=C(N)C(=O)O. The van der Waals surface area contributed by atoms with Crippen LogP contribution in [0.5, 0.6) is 0 Å². The maximum Gasteiger partial charge on any atom is 0.441 e. The van der Waals surface area contributed by atoms with E-state index in [1.807, 2.05) is 0 Å². The van der Waals surface area contributed by atoms with E-state index in [0.717, 1.165) is 0 Å². The van der Waals surface area contributed by atoms with Crippen LogP contribution in [0.1, 0.15) is 18.7 Å². The molecule has 7 nitrogen and oxygen atoms in total. The lowest BCUT2D eigenvalue weighted by Crippen LogP contribution is -2.15. The average Bonchev–Trinajstić information content (AvgIpc) is 2.54. The zero-order chi connectivity index (χ0) is 12.1. The maximum absolute atomic E-state index is 11.1. The first-order valence-corrected chi connectivity index (χ1v) is 4.74. The van der Waals surface area contributed by atoms with Crippen molar-refractivity contribution in [3.8, 4) is 0 Å². The molecule has 1 aromatic rings. The van der Waals surface area contributed by atoms with E-state index in [1.165, 1.54) is 10.6 Å². The lowest BCUT2D eigenvalue weighted by Gasteiger charge is -1.99. The van der Waals surface area contributed by atoms with Crippen molar-refractivity contribution < 1.29 is 14.4 Å². The minimum atomic E-state index is -1.14. The number of hydrogen-bond donors (Lipinski definition) is 2. The van der Waals surface area contributed by atoms with Crippen molar-refractivity contribution in [1.29, 1.82) is 0 Å². The van der Waals surface area contributed by atoms with E-state index >= 15 is 0 Å². The molecule has 0 radical (unpaired) electrons. The number of aromatic nitrogens is 2. The van der Waals surface area contributed by atoms with Crippen LogP contribution in [0.3, 0.4) is 0 Å². The molecule has 7 heteroatoms. The summed E-state index contributed by atoms with van der Waals surface area (Å²) in [5.74, 6) is -1.15. The van der Waals surface area contributed by atoms with Crippen LogP contribution in [-0.4, -0.2) is 20.8 Å². The normalized spacial score (nSPS) is 11.7. The second-order valence-corrected chi connectivity index (χ2v) is 3.25. The third-order valence-electron chi connectivity index (χ3n) is 2.06. The fraction of sp³-hybridized carbons (Fsp3) is 0.444. The number of carbonyl (C=O) groups is 1. The van der Waals surface area contributed by atoms with Gasteiger partial charge in [-0.1, -0.05) is 11.2 Å². The number of hydrogen-bond acceptors (Lipinski definition) is 5. The molecule has 0 spiro atoms. The first-order valence-electron chi connectivity index (χ1n) is 4.74. The topological polar surface area (TPSA) is 111 Å². The Kier molecular flexibility index (Phi) is 3.87. The van der Waals surface area contributed by atoms with Gasteiger partial charge in [-0.15, -0.1) is 0 Å². The Morgan fingerprint density at radius 3 is 2.88 bits per heavy atom. The predicted octanol–water partition coefficient (Wildman–Crippen LogP) is -0.148. The van der Waals surface area contributed by atoms with Gasteiger partial charge in [-0.3, -0.25) is 9.09 Å². The highest BCUT2D eigenvalue weighted by Crippen LogP contribution is 1.98. The fourth-order valence-electron chi connectivity index (χ4n) is 1.18. The molecule has 3 N–H and O–H groups in total. The van der Waals surface area contributed by atoms with Gasteiger partial charge in [-0.2, -0.15) is 0 Å². The van der Waals surface area contributed by atoms with Gasteiger partial charge in [0, 0.05) is 6.54 Å². The number of unbranched alkanes of at least 4 members (excludes halogenated alkanes) is 1. The van der Waals surface area contributed by atoms with E-state index in [9.17, 15) is 9.59 Å². The van der Waals surface area contributed by atoms with E-state index in [2.05, 4.69) is 9.68 Å². The molecular formula is C9H13N3O4. The lowest BCUT2D eigenvalue weighted by molar-refractivity contribution is -0.132. The summed E-state index contributed by atoms with van der Waals surface area (Å²) in [6, 6.07) is 0. The lowest BCUT2D eigenvalue weighted by atomic mass is 10.2. The van der Waals surface area contributed by atoms with Crippen LogP contribution >= 0.6 is 0 Å². The van der Waals surface area contributed by atoms with Gasteiger partial charge in [0.1, 0.15) is 5.70 Å². The number of nitrogens with two attached hydrogens (primary N) is 1. The Balaban J connectivity index is 2.46. The van der Waals surface area contributed by atoms with Gasteiger partial charge in [-0.25, -0.2) is 9.59 Å². The summed E-state index contributed by atoms with van der Waals surface area (Å²) in [7, 11) is 0. The Morgan fingerprint density at radius 2 is 2.38 bits per heavy atom. The Bertz CT molecular complexity index is 458. The first-order chi connectivity index (χ1) is 7.52. The third-order valence-corrected chi connectivity index (χ3v) is 2.06. The number of carboxylic acid groups (broad SMARTS) is 1. The molecule has 1 rings (SSSR count). The number of rotatable bonds is 5. The standard InChI is InChI=1S/C9H13N3O4/c1-6-11-16-9(15)12(6)5-3-2-4-7(10)8(13)14/h4H,2-3,5,10H2,1H3,(H,13,14). The molecule has 0 aliphatic rings. The zero-order valence-corrected chi connectivity index (χ0v) is 8.84. The van der Waals surface area contributed by atoms with E-state index in [-0.39, 0.29) is 5.70 Å². The third kappa shape index (κ3) is 2.97. The van der Waals surface area contributed by atoms with Crippen LogP contribution in [0.25, 0.3) is 0 Å². The van der Waals surface area contributed by atoms with Crippen LogP contribution in [0.4, 0.5) is 0 Å². The molecule has 0 aliphatic carbocycles. The molecular weight excluding hydrogens is 214 g/mol. The van der Waals surface area contributed by atoms with E-state index in [1.54, 1.807) is 6.92 Å². The highest BCUT2D eigenvalue weighted by Gasteiger charge is 2.05. The van der Waals surface area contributed by atoms with Gasteiger partial charge in [0.15, 0.2) is 5.82 Å². The molecule has 0 saturated heterocycles. The monoisotopic (exact) mass is 227 g/mol. The largest absolute Gasteiger partial charge is 0.477 e. The van der Waals surface area contributed by atoms with Gasteiger partial charge < -0.3 is 10.8 Å². The summed E-state index contributed by atoms with van der Waals surface area (Å²) in [4.78, 5) is 21.4. The second kappa shape index (κ2) is 5.15. The van der Waals surface area contributed by atoms with Crippen molar-refractivity contribution in [2.45, 2.75) is 26.3 Å². The number of carboxylic acids is 1. The molecule has 1 aromatic heterocycles. The molecule has 0 fully saturated rings. The predicted molar refractivity (Wildman–Crippen MR) is 54.6 cm³/mol. The van der Waals surface area contributed by atoms with Crippen molar-refractivity contribution in [2.24, 2.45) is 5.73 Å². The van der Waals surface area contributed by atoms with Gasteiger partial charge in [0.05, 0.1) is 0 Å². The zero-order valence-electron chi connectivity index (χ0n) is 8.84. The second-order valence-electron chi connectivity index (χ2n) is 3.25. The number of aryl methyl sites for hydroxylation is 1. The van der Waals surface area contributed by atoms with Crippen molar-refractivity contribution in [3.05, 3.63) is 28.1 Å². The molecule has 0 aliphatic heterocycles. The summed E-state index contributed by atoms with van der Waals surface area (Å²) in [6.45, 7) is 2.09. The van der Waals surface area contributed by atoms with Crippen molar-refractivity contribution >= 4 is 5.97 Å². The number of aliphatic carboxylic acids is 1. The maximum atomic E-state index is 11.1. The van der Waals surface area contributed by atoms with Crippen LogP contribution in [0.2, 0.25) is 0 Å². The van der Waals surface area contributed by atoms with Gasteiger partial charge in [0.2, 0.25) is 0 Å². The van der Waals surface area contributed by atoms with E-state index < -0.39 is 11.7 Å². The first kappa shape index (κ1) is 12.0. The Labute approximate surface area is 91.1 Å². The van der Waals surface area contributed by atoms with Crippen molar-refractivity contribution in [3.63, 3.8) is 0 Å². The summed E-state index contributed by atoms with van der Waals surface area (Å²) >= 11 is 0. The number of allylic oxidation sites excluding steroid dienone is 1. The van der Waals surface area contributed by atoms with Crippen molar-refractivity contribution in [2.75, 3.05) is 0 Å². The molecule has 88 valence electrons. The average molecular weight is 227 g/mol. The summed E-state index contributed by atoms with van der Waals surface area (Å²) in [5.41, 5.74) is 5.01. The highest BCUT2D eigenvalue weighted by atomic mass is 16.5. The minimum absolute atomic E-state index is 0.186. The highest BCUT2D eigenvalue weighted by molar-refractivity contribution is 5.85. The summed E-state index contributed by atoms with van der Waals surface area (Å²) < 4.78 is 5.81. The van der Waals surface area contributed by atoms with E-state index in [4.69, 9.17) is 10.8 Å². The molecule has 0 atom stereocenters.